The molecule has 2 N–H and O–H groups in total. The zero-order valence-corrected chi connectivity index (χ0v) is 16.5. The van der Waals surface area contributed by atoms with Crippen LogP contribution in [-0.2, 0) is 14.6 Å². The van der Waals surface area contributed by atoms with Crippen LogP contribution in [0.3, 0.4) is 0 Å². The molecule has 4 unspecified atom stereocenters. The Balaban J connectivity index is 1.42. The third kappa shape index (κ3) is 5.10. The van der Waals surface area contributed by atoms with Crippen LogP contribution in [0.1, 0.15) is 39.0 Å². The Hall–Kier alpha value is 0.180. The Labute approximate surface area is 151 Å². The van der Waals surface area contributed by atoms with Gasteiger partial charge in [-0.15, -0.1) is 0 Å². The molecule has 140 valence electrons. The van der Waals surface area contributed by atoms with Crippen LogP contribution in [0.5, 0.6) is 0 Å². The Morgan fingerprint density at radius 2 is 1.92 bits per heavy atom. The lowest BCUT2D eigenvalue weighted by atomic mass is 9.83. The van der Waals surface area contributed by atoms with Gasteiger partial charge in [0.15, 0.2) is 0 Å². The number of rotatable bonds is 5. The van der Waals surface area contributed by atoms with Crippen molar-refractivity contribution in [3.05, 3.63) is 0 Å². The summed E-state index contributed by atoms with van der Waals surface area (Å²) in [7, 11) is -2.88. The van der Waals surface area contributed by atoms with Gasteiger partial charge < -0.3 is 10.1 Å². The molecule has 3 rings (SSSR count). The summed E-state index contributed by atoms with van der Waals surface area (Å²) in [6, 6.07) is 0.402. The molecule has 1 aliphatic carbocycles. The van der Waals surface area contributed by atoms with E-state index in [1.165, 1.54) is 18.4 Å². The number of nitrogens with one attached hydrogen (secondary N) is 2. The van der Waals surface area contributed by atoms with Crippen molar-refractivity contribution >= 4 is 21.6 Å². The molecule has 1 saturated carbocycles. The van der Waals surface area contributed by atoms with Gasteiger partial charge in [-0.2, -0.15) is 11.8 Å². The van der Waals surface area contributed by atoms with E-state index in [9.17, 15) is 8.42 Å². The first-order valence-electron chi connectivity index (χ1n) is 9.30. The van der Waals surface area contributed by atoms with E-state index in [1.54, 1.807) is 0 Å². The molecule has 3 aliphatic rings. The normalized spacial score (nSPS) is 41.4. The van der Waals surface area contributed by atoms with Crippen LogP contribution in [0.4, 0.5) is 0 Å². The molecule has 0 aromatic heterocycles. The maximum Gasteiger partial charge on any atom is 0.150 e. The van der Waals surface area contributed by atoms with Crippen LogP contribution in [0, 0.1) is 11.8 Å². The molecule has 0 amide bonds. The van der Waals surface area contributed by atoms with Gasteiger partial charge in [0.25, 0.3) is 0 Å². The molecule has 2 saturated heterocycles. The number of hydrogen-bond donors (Lipinski definition) is 2. The second-order valence-electron chi connectivity index (χ2n) is 7.92. The second-order valence-corrected chi connectivity index (χ2v) is 11.6. The van der Waals surface area contributed by atoms with E-state index < -0.39 is 9.84 Å². The van der Waals surface area contributed by atoms with Crippen LogP contribution >= 0.6 is 11.8 Å². The number of hydrogen-bond acceptors (Lipinski definition) is 6. The highest BCUT2D eigenvalue weighted by Gasteiger charge is 2.34. The SMILES string of the molecule is CC1CSC(COC2CNCC(C3CCC(S(C)(=O)=O)CC3)N2)C1. The van der Waals surface area contributed by atoms with Crippen molar-refractivity contribution in [1.82, 2.24) is 10.6 Å². The molecule has 0 radical (unpaired) electrons. The quantitative estimate of drug-likeness (QED) is 0.760. The zero-order chi connectivity index (χ0) is 17.2. The van der Waals surface area contributed by atoms with Crippen LogP contribution in [0.2, 0.25) is 0 Å². The topological polar surface area (TPSA) is 67.4 Å². The van der Waals surface area contributed by atoms with Gasteiger partial charge in [-0.05, 0) is 49.7 Å². The van der Waals surface area contributed by atoms with Crippen molar-refractivity contribution in [3.63, 3.8) is 0 Å². The molecule has 4 atom stereocenters. The fourth-order valence-electron chi connectivity index (χ4n) is 4.28. The second kappa shape index (κ2) is 8.25. The first-order valence-corrected chi connectivity index (χ1v) is 12.3. The molecular weight excluding hydrogens is 344 g/mol. The summed E-state index contributed by atoms with van der Waals surface area (Å²) in [5.41, 5.74) is 0. The van der Waals surface area contributed by atoms with Gasteiger partial charge in [0.05, 0.1) is 11.9 Å². The molecule has 3 fully saturated rings. The Bertz CT molecular complexity index is 506. The smallest absolute Gasteiger partial charge is 0.150 e. The average Bonchev–Trinajstić information content (AvgIpc) is 2.98. The predicted octanol–water partition coefficient (Wildman–Crippen LogP) is 1.64. The van der Waals surface area contributed by atoms with Crippen molar-refractivity contribution in [2.45, 2.75) is 61.8 Å². The molecular formula is C17H32N2O3S2. The van der Waals surface area contributed by atoms with Gasteiger partial charge in [-0.25, -0.2) is 8.42 Å². The van der Waals surface area contributed by atoms with Gasteiger partial charge in [-0.1, -0.05) is 6.92 Å². The van der Waals surface area contributed by atoms with Crippen molar-refractivity contribution < 1.29 is 13.2 Å². The summed E-state index contributed by atoms with van der Waals surface area (Å²) in [5.74, 6) is 2.64. The summed E-state index contributed by atoms with van der Waals surface area (Å²) >= 11 is 2.04. The number of piperazine rings is 1. The van der Waals surface area contributed by atoms with E-state index in [0.29, 0.717) is 17.2 Å². The van der Waals surface area contributed by atoms with E-state index in [4.69, 9.17) is 4.74 Å². The monoisotopic (exact) mass is 376 g/mol. The summed E-state index contributed by atoms with van der Waals surface area (Å²) in [4.78, 5) is 0. The standard InChI is InChI=1S/C17H32N2O3S2/c1-12-7-14(23-11-12)10-22-17-9-18-8-16(19-17)13-3-5-15(6-4-13)24(2,20)21/h12-19H,3-11H2,1-2H3. The van der Waals surface area contributed by atoms with E-state index >= 15 is 0 Å². The van der Waals surface area contributed by atoms with Crippen LogP contribution in [0.15, 0.2) is 0 Å². The maximum atomic E-state index is 11.7. The highest BCUT2D eigenvalue weighted by Crippen LogP contribution is 2.32. The average molecular weight is 377 g/mol. The Kier molecular flexibility index (Phi) is 6.52. The predicted molar refractivity (Wildman–Crippen MR) is 100 cm³/mol. The van der Waals surface area contributed by atoms with Crippen LogP contribution < -0.4 is 10.6 Å². The van der Waals surface area contributed by atoms with Gasteiger partial charge in [-0.3, -0.25) is 5.32 Å². The Morgan fingerprint density at radius 1 is 1.17 bits per heavy atom. The molecule has 24 heavy (non-hydrogen) atoms. The molecule has 0 aromatic carbocycles. The summed E-state index contributed by atoms with van der Waals surface area (Å²) in [5, 5.41) is 7.68. The molecule has 7 heteroatoms. The lowest BCUT2D eigenvalue weighted by molar-refractivity contribution is -0.000697. The maximum absolute atomic E-state index is 11.7. The minimum Gasteiger partial charge on any atom is -0.361 e. The third-order valence-corrected chi connectivity index (χ3v) is 9.00. The minimum atomic E-state index is -2.88. The molecule has 2 heterocycles. The number of thioether (sulfide) groups is 1. The summed E-state index contributed by atoms with van der Waals surface area (Å²) < 4.78 is 29.5. The third-order valence-electron chi connectivity index (χ3n) is 5.75. The summed E-state index contributed by atoms with van der Waals surface area (Å²) in [6.07, 6.45) is 6.36. The molecule has 0 bridgehead atoms. The minimum absolute atomic E-state index is 0.0906. The van der Waals surface area contributed by atoms with Crippen molar-refractivity contribution in [2.24, 2.45) is 11.8 Å². The fraction of sp³-hybridized carbons (Fsp3) is 1.00. The van der Waals surface area contributed by atoms with Gasteiger partial charge in [0.1, 0.15) is 16.1 Å². The van der Waals surface area contributed by atoms with Gasteiger partial charge >= 0.3 is 0 Å². The largest absolute Gasteiger partial charge is 0.361 e. The first-order chi connectivity index (χ1) is 11.4. The van der Waals surface area contributed by atoms with Crippen molar-refractivity contribution in [1.29, 1.82) is 0 Å². The molecule has 0 aromatic rings. The van der Waals surface area contributed by atoms with E-state index in [1.807, 2.05) is 11.8 Å². The lowest BCUT2D eigenvalue weighted by Gasteiger charge is -2.39. The molecule has 5 nitrogen and oxygen atoms in total. The lowest BCUT2D eigenvalue weighted by Crippen LogP contribution is -2.59. The zero-order valence-electron chi connectivity index (χ0n) is 14.9. The molecule has 2 aliphatic heterocycles. The fourth-order valence-corrected chi connectivity index (χ4v) is 6.78. The van der Waals surface area contributed by atoms with Gasteiger partial charge in [0.2, 0.25) is 0 Å². The number of sulfone groups is 1. The van der Waals surface area contributed by atoms with E-state index in [0.717, 1.165) is 51.3 Å². The number of ether oxygens (including phenoxy) is 1. The van der Waals surface area contributed by atoms with Crippen LogP contribution in [0.25, 0.3) is 0 Å². The van der Waals surface area contributed by atoms with Crippen molar-refractivity contribution in [2.75, 3.05) is 31.7 Å². The van der Waals surface area contributed by atoms with E-state index in [2.05, 4.69) is 17.6 Å². The Morgan fingerprint density at radius 3 is 2.54 bits per heavy atom. The van der Waals surface area contributed by atoms with Crippen molar-refractivity contribution in [3.8, 4) is 0 Å². The van der Waals surface area contributed by atoms with E-state index in [-0.39, 0.29) is 11.5 Å². The molecule has 0 spiro atoms. The van der Waals surface area contributed by atoms with Gasteiger partial charge in [0, 0.05) is 30.6 Å². The highest BCUT2D eigenvalue weighted by molar-refractivity contribution is 8.00. The summed E-state index contributed by atoms with van der Waals surface area (Å²) in [6.45, 7) is 4.98. The highest BCUT2D eigenvalue weighted by atomic mass is 32.2. The van der Waals surface area contributed by atoms with Crippen LogP contribution in [-0.4, -0.2) is 62.9 Å². The first kappa shape index (κ1) is 19.0.